The van der Waals surface area contributed by atoms with Gasteiger partial charge < -0.3 is 14.5 Å². The first kappa shape index (κ1) is 14.8. The summed E-state index contributed by atoms with van der Waals surface area (Å²) >= 11 is 0. The summed E-state index contributed by atoms with van der Waals surface area (Å²) in [6, 6.07) is 11.1. The van der Waals surface area contributed by atoms with Crippen molar-refractivity contribution >= 4 is 16.9 Å². The summed E-state index contributed by atoms with van der Waals surface area (Å²) in [5.41, 5.74) is 0.0647. The van der Waals surface area contributed by atoms with E-state index < -0.39 is 5.54 Å². The highest BCUT2D eigenvalue weighted by Gasteiger charge is 2.39. The molecule has 3 aromatic rings. The lowest BCUT2D eigenvalue weighted by Crippen LogP contribution is -2.50. The topological polar surface area (TPSA) is 77.2 Å². The Morgan fingerprint density at radius 3 is 2.58 bits per heavy atom. The van der Waals surface area contributed by atoms with Gasteiger partial charge in [-0.2, -0.15) is 0 Å². The van der Waals surface area contributed by atoms with Crippen LogP contribution in [0.2, 0.25) is 0 Å². The zero-order chi connectivity index (χ0) is 16.4. The van der Waals surface area contributed by atoms with Crippen LogP contribution in [0, 0.1) is 0 Å². The van der Waals surface area contributed by atoms with Crippen molar-refractivity contribution in [2.24, 2.45) is 0 Å². The van der Waals surface area contributed by atoms with Gasteiger partial charge in [0.05, 0.1) is 0 Å². The largest absolute Gasteiger partial charge is 0.451 e. The summed E-state index contributed by atoms with van der Waals surface area (Å²) in [4.78, 5) is 21.5. The van der Waals surface area contributed by atoms with Gasteiger partial charge in [-0.25, -0.2) is 9.97 Å². The summed E-state index contributed by atoms with van der Waals surface area (Å²) in [5, 5.41) is 3.99. The molecule has 0 bridgehead atoms. The minimum atomic E-state index is -0.629. The van der Waals surface area contributed by atoms with Crippen molar-refractivity contribution in [3.8, 4) is 0 Å². The Bertz CT molecular complexity index is 821. The molecule has 1 saturated heterocycles. The highest BCUT2D eigenvalue weighted by atomic mass is 16.5. The summed E-state index contributed by atoms with van der Waals surface area (Å²) < 4.78 is 11.1. The van der Waals surface area contributed by atoms with E-state index in [4.69, 9.17) is 9.15 Å². The minimum Gasteiger partial charge on any atom is -0.451 e. The molecule has 1 aromatic carbocycles. The van der Waals surface area contributed by atoms with Gasteiger partial charge in [0, 0.05) is 43.8 Å². The van der Waals surface area contributed by atoms with E-state index in [0.29, 0.717) is 37.5 Å². The number of rotatable bonds is 3. The molecule has 0 saturated carbocycles. The monoisotopic (exact) mass is 323 g/mol. The Labute approximate surface area is 138 Å². The average Bonchev–Trinajstić information content (AvgIpc) is 3.08. The summed E-state index contributed by atoms with van der Waals surface area (Å²) in [6.07, 6.45) is 4.63. The van der Waals surface area contributed by atoms with Gasteiger partial charge in [0.15, 0.2) is 11.6 Å². The van der Waals surface area contributed by atoms with Crippen molar-refractivity contribution < 1.29 is 13.9 Å². The number of para-hydroxylation sites is 1. The Morgan fingerprint density at radius 1 is 1.08 bits per heavy atom. The van der Waals surface area contributed by atoms with Gasteiger partial charge in [-0.15, -0.1) is 0 Å². The first-order valence-electron chi connectivity index (χ1n) is 7.93. The van der Waals surface area contributed by atoms with Crippen LogP contribution < -0.4 is 5.32 Å². The van der Waals surface area contributed by atoms with Crippen LogP contribution in [0.3, 0.4) is 0 Å². The highest BCUT2D eigenvalue weighted by Crippen LogP contribution is 2.30. The Morgan fingerprint density at radius 2 is 1.83 bits per heavy atom. The first-order valence-corrected chi connectivity index (χ1v) is 7.93. The lowest BCUT2D eigenvalue weighted by molar-refractivity contribution is 0.0306. The molecule has 2 aromatic heterocycles. The molecule has 0 atom stereocenters. The number of nitrogens with zero attached hydrogens (tertiary/aromatic N) is 2. The van der Waals surface area contributed by atoms with E-state index in [2.05, 4.69) is 15.3 Å². The van der Waals surface area contributed by atoms with E-state index in [1.54, 1.807) is 24.5 Å². The number of fused-ring (bicyclic) bond motifs is 1. The van der Waals surface area contributed by atoms with Crippen LogP contribution >= 0.6 is 0 Å². The van der Waals surface area contributed by atoms with Crippen molar-refractivity contribution in [1.82, 2.24) is 15.3 Å². The fraction of sp³-hybridized carbons (Fsp3) is 0.278. The molecule has 0 spiro atoms. The van der Waals surface area contributed by atoms with E-state index in [1.165, 1.54) is 0 Å². The van der Waals surface area contributed by atoms with Crippen LogP contribution in [0.4, 0.5) is 0 Å². The number of nitrogens with one attached hydrogen (secondary N) is 1. The summed E-state index contributed by atoms with van der Waals surface area (Å²) in [5.74, 6) is 0.635. The molecule has 1 N–H and O–H groups in total. The van der Waals surface area contributed by atoms with Crippen LogP contribution in [0.15, 0.2) is 53.2 Å². The molecule has 6 heteroatoms. The fourth-order valence-electron chi connectivity index (χ4n) is 3.04. The van der Waals surface area contributed by atoms with Crippen LogP contribution in [0.25, 0.3) is 11.0 Å². The van der Waals surface area contributed by atoms with E-state index in [-0.39, 0.29) is 11.7 Å². The third-order valence-electron chi connectivity index (χ3n) is 4.34. The van der Waals surface area contributed by atoms with Crippen molar-refractivity contribution in [2.75, 3.05) is 13.2 Å². The average molecular weight is 323 g/mol. The number of aromatic nitrogens is 2. The lowest BCUT2D eigenvalue weighted by Gasteiger charge is -2.36. The number of carbonyl (C=O) groups excluding carboxylic acids is 1. The van der Waals surface area contributed by atoms with Gasteiger partial charge in [-0.3, -0.25) is 4.79 Å². The number of amides is 1. The van der Waals surface area contributed by atoms with Crippen molar-refractivity contribution in [1.29, 1.82) is 0 Å². The SMILES string of the molecule is O=C(NC1(c2ncccn2)CCOCC1)c1cc2ccccc2o1. The molecule has 3 heterocycles. The molecule has 6 nitrogen and oxygen atoms in total. The Balaban J connectivity index is 1.66. The van der Waals surface area contributed by atoms with Gasteiger partial charge in [0.2, 0.25) is 0 Å². The van der Waals surface area contributed by atoms with E-state index in [9.17, 15) is 4.79 Å². The van der Waals surface area contributed by atoms with Crippen LogP contribution in [0.1, 0.15) is 29.2 Å². The second kappa shape index (κ2) is 6.05. The predicted octanol–water partition coefficient (Wildman–Crippen LogP) is 2.66. The van der Waals surface area contributed by atoms with Crippen LogP contribution in [0.5, 0.6) is 0 Å². The van der Waals surface area contributed by atoms with E-state index in [1.807, 2.05) is 24.3 Å². The quantitative estimate of drug-likeness (QED) is 0.802. The van der Waals surface area contributed by atoms with Gasteiger partial charge in [-0.05, 0) is 18.2 Å². The third kappa shape index (κ3) is 2.65. The van der Waals surface area contributed by atoms with Gasteiger partial charge >= 0.3 is 0 Å². The van der Waals surface area contributed by atoms with Crippen molar-refractivity contribution in [2.45, 2.75) is 18.4 Å². The maximum absolute atomic E-state index is 12.8. The van der Waals surface area contributed by atoms with Crippen LogP contribution in [-0.4, -0.2) is 29.1 Å². The summed E-state index contributed by atoms with van der Waals surface area (Å²) in [7, 11) is 0. The molecule has 1 aliphatic rings. The number of furan rings is 1. The van der Waals surface area contributed by atoms with Gasteiger partial charge in [0.1, 0.15) is 11.1 Å². The van der Waals surface area contributed by atoms with Crippen molar-refractivity contribution in [3.63, 3.8) is 0 Å². The Kier molecular flexibility index (Phi) is 3.74. The smallest absolute Gasteiger partial charge is 0.287 e. The molecule has 24 heavy (non-hydrogen) atoms. The van der Waals surface area contributed by atoms with Crippen molar-refractivity contribution in [3.05, 3.63) is 60.4 Å². The van der Waals surface area contributed by atoms with Gasteiger partial charge in [-0.1, -0.05) is 18.2 Å². The maximum Gasteiger partial charge on any atom is 0.287 e. The number of ether oxygens (including phenoxy) is 1. The third-order valence-corrected chi connectivity index (χ3v) is 4.34. The standard InChI is InChI=1S/C18H17N3O3/c22-16(15-12-13-4-1-2-5-14(13)24-15)21-18(6-10-23-11-7-18)17-19-8-3-9-20-17/h1-5,8-9,12H,6-7,10-11H2,(H,21,22). The zero-order valence-corrected chi connectivity index (χ0v) is 13.1. The predicted molar refractivity (Wildman–Crippen MR) is 87.4 cm³/mol. The lowest BCUT2D eigenvalue weighted by atomic mass is 9.88. The molecule has 1 amide bonds. The first-order chi connectivity index (χ1) is 11.8. The molecular formula is C18H17N3O3. The number of hydrogen-bond donors (Lipinski definition) is 1. The van der Waals surface area contributed by atoms with E-state index in [0.717, 1.165) is 5.39 Å². The molecule has 1 fully saturated rings. The zero-order valence-electron chi connectivity index (χ0n) is 13.1. The second-order valence-electron chi connectivity index (χ2n) is 5.87. The molecule has 0 unspecified atom stereocenters. The van der Waals surface area contributed by atoms with Crippen LogP contribution in [-0.2, 0) is 10.3 Å². The molecule has 4 rings (SSSR count). The number of benzene rings is 1. The molecule has 0 aliphatic carbocycles. The Hall–Kier alpha value is -2.73. The molecule has 122 valence electrons. The molecular weight excluding hydrogens is 306 g/mol. The number of hydrogen-bond acceptors (Lipinski definition) is 5. The molecule has 1 aliphatic heterocycles. The normalized spacial score (nSPS) is 16.8. The fourth-order valence-corrected chi connectivity index (χ4v) is 3.04. The maximum atomic E-state index is 12.8. The van der Waals surface area contributed by atoms with Gasteiger partial charge in [0.25, 0.3) is 5.91 Å². The minimum absolute atomic E-state index is 0.263. The summed E-state index contributed by atoms with van der Waals surface area (Å²) in [6.45, 7) is 1.11. The van der Waals surface area contributed by atoms with E-state index >= 15 is 0 Å². The number of carbonyl (C=O) groups is 1. The second-order valence-corrected chi connectivity index (χ2v) is 5.87. The highest BCUT2D eigenvalue weighted by molar-refractivity contribution is 5.96. The molecule has 0 radical (unpaired) electrons.